The topological polar surface area (TPSA) is 70.7 Å². The van der Waals surface area contributed by atoms with Gasteiger partial charge in [-0.3, -0.25) is 9.78 Å². The Morgan fingerprint density at radius 3 is 2.68 bits per heavy atom. The van der Waals surface area contributed by atoms with E-state index < -0.39 is 17.9 Å². The third-order valence-corrected chi connectivity index (χ3v) is 2.91. The lowest BCUT2D eigenvalue weighted by atomic mass is 10.2. The van der Waals surface area contributed by atoms with E-state index in [1.165, 1.54) is 30.5 Å². The number of imidazole rings is 1. The van der Waals surface area contributed by atoms with Gasteiger partial charge in [0.1, 0.15) is 5.69 Å². The average Bonchev–Trinajstić information content (AvgIpc) is 2.91. The van der Waals surface area contributed by atoms with Crippen molar-refractivity contribution in [2.45, 2.75) is 6.18 Å². The van der Waals surface area contributed by atoms with Crippen LogP contribution in [0.3, 0.4) is 0 Å². The number of carbonyl (C=O) groups is 1. The van der Waals surface area contributed by atoms with Gasteiger partial charge in [0.05, 0.1) is 11.0 Å². The van der Waals surface area contributed by atoms with Gasteiger partial charge >= 0.3 is 6.18 Å². The maximum Gasteiger partial charge on any atom is 0.449 e. The number of amides is 1. The fourth-order valence-electron chi connectivity index (χ4n) is 1.91. The minimum Gasteiger partial charge on any atom is -0.334 e. The number of nitrogens with zero attached hydrogens (tertiary/aromatic N) is 2. The highest BCUT2D eigenvalue weighted by Gasteiger charge is 2.34. The normalized spacial score (nSPS) is 11.6. The highest BCUT2D eigenvalue weighted by Crippen LogP contribution is 2.29. The first-order chi connectivity index (χ1) is 10.4. The van der Waals surface area contributed by atoms with E-state index in [2.05, 4.69) is 20.3 Å². The van der Waals surface area contributed by atoms with Crippen molar-refractivity contribution < 1.29 is 18.0 Å². The Hall–Kier alpha value is -2.90. The van der Waals surface area contributed by atoms with E-state index >= 15 is 0 Å². The highest BCUT2D eigenvalue weighted by molar-refractivity contribution is 6.03. The lowest BCUT2D eigenvalue weighted by Gasteiger charge is -2.04. The molecule has 0 atom stereocenters. The minimum absolute atomic E-state index is 0.170. The zero-order chi connectivity index (χ0) is 15.7. The molecule has 8 heteroatoms. The Bertz CT molecular complexity index is 827. The molecule has 3 aromatic rings. The second-order valence-corrected chi connectivity index (χ2v) is 4.48. The van der Waals surface area contributed by atoms with Gasteiger partial charge in [-0.1, -0.05) is 6.07 Å². The summed E-state index contributed by atoms with van der Waals surface area (Å²) in [5, 5.41) is 2.57. The maximum absolute atomic E-state index is 12.6. The van der Waals surface area contributed by atoms with Crippen molar-refractivity contribution in [2.75, 3.05) is 5.32 Å². The molecule has 0 aliphatic rings. The van der Waals surface area contributed by atoms with Crippen LogP contribution >= 0.6 is 0 Å². The lowest BCUT2D eigenvalue weighted by molar-refractivity contribution is -0.144. The molecule has 3 rings (SSSR count). The largest absolute Gasteiger partial charge is 0.449 e. The van der Waals surface area contributed by atoms with E-state index in [0.717, 1.165) is 0 Å². The van der Waals surface area contributed by atoms with Crippen molar-refractivity contribution in [3.8, 4) is 0 Å². The summed E-state index contributed by atoms with van der Waals surface area (Å²) in [5.41, 5.74) is 0.915. The van der Waals surface area contributed by atoms with E-state index in [1.54, 1.807) is 12.1 Å². The van der Waals surface area contributed by atoms with Crippen molar-refractivity contribution in [3.63, 3.8) is 0 Å². The minimum atomic E-state index is -4.55. The molecule has 0 saturated carbocycles. The number of hydrogen-bond donors (Lipinski definition) is 2. The van der Waals surface area contributed by atoms with Crippen LogP contribution in [0.4, 0.5) is 18.9 Å². The summed E-state index contributed by atoms with van der Waals surface area (Å²) < 4.78 is 37.8. The Morgan fingerprint density at radius 1 is 1.18 bits per heavy atom. The summed E-state index contributed by atoms with van der Waals surface area (Å²) in [6.07, 6.45) is -3.07. The van der Waals surface area contributed by atoms with Crippen LogP contribution in [0.2, 0.25) is 0 Å². The van der Waals surface area contributed by atoms with E-state index in [-0.39, 0.29) is 16.7 Å². The number of carbonyl (C=O) groups excluding carboxylic acids is 1. The molecule has 0 radical (unpaired) electrons. The first kappa shape index (κ1) is 14.1. The number of halogens is 3. The third kappa shape index (κ3) is 2.76. The zero-order valence-corrected chi connectivity index (χ0v) is 11.0. The number of benzene rings is 1. The summed E-state index contributed by atoms with van der Waals surface area (Å²) >= 11 is 0. The number of alkyl halides is 3. The summed E-state index contributed by atoms with van der Waals surface area (Å²) in [7, 11) is 0. The predicted octanol–water partition coefficient (Wildman–Crippen LogP) is 3.23. The van der Waals surface area contributed by atoms with Crippen LogP contribution in [0, 0.1) is 0 Å². The van der Waals surface area contributed by atoms with Crippen LogP contribution in [0.25, 0.3) is 11.0 Å². The molecule has 5 nitrogen and oxygen atoms in total. The van der Waals surface area contributed by atoms with E-state index in [1.807, 2.05) is 0 Å². The molecule has 0 fully saturated rings. The van der Waals surface area contributed by atoms with Crippen molar-refractivity contribution in [1.29, 1.82) is 0 Å². The van der Waals surface area contributed by atoms with Gasteiger partial charge in [0.25, 0.3) is 5.91 Å². The van der Waals surface area contributed by atoms with Gasteiger partial charge in [0.15, 0.2) is 0 Å². The number of hydrogen-bond acceptors (Lipinski definition) is 3. The van der Waals surface area contributed by atoms with Crippen molar-refractivity contribution in [1.82, 2.24) is 15.0 Å². The molecule has 0 saturated heterocycles. The van der Waals surface area contributed by atoms with Gasteiger partial charge in [-0.2, -0.15) is 13.2 Å². The van der Waals surface area contributed by atoms with Gasteiger partial charge in [0.2, 0.25) is 5.82 Å². The molecule has 0 unspecified atom stereocenters. The molecule has 2 heterocycles. The molecule has 0 aliphatic carbocycles. The summed E-state index contributed by atoms with van der Waals surface area (Å²) in [4.78, 5) is 21.5. The van der Waals surface area contributed by atoms with Gasteiger partial charge in [-0.15, -0.1) is 0 Å². The van der Waals surface area contributed by atoms with Crippen LogP contribution in [0.15, 0.2) is 42.6 Å². The fraction of sp³-hybridized carbons (Fsp3) is 0.0714. The Labute approximate surface area is 122 Å². The molecule has 22 heavy (non-hydrogen) atoms. The van der Waals surface area contributed by atoms with E-state index in [9.17, 15) is 18.0 Å². The summed E-state index contributed by atoms with van der Waals surface area (Å²) in [6, 6.07) is 9.13. The van der Waals surface area contributed by atoms with Crippen LogP contribution < -0.4 is 5.32 Å². The fourth-order valence-corrected chi connectivity index (χ4v) is 1.91. The second kappa shape index (κ2) is 5.14. The molecule has 0 bridgehead atoms. The molecule has 1 aromatic carbocycles. The summed E-state index contributed by atoms with van der Waals surface area (Å²) in [6.45, 7) is 0. The number of pyridine rings is 1. The molecule has 2 aromatic heterocycles. The van der Waals surface area contributed by atoms with Gasteiger partial charge in [-0.05, 0) is 30.3 Å². The first-order valence-electron chi connectivity index (χ1n) is 6.23. The quantitative estimate of drug-likeness (QED) is 0.763. The number of fused-ring (bicyclic) bond motifs is 1. The van der Waals surface area contributed by atoms with Crippen molar-refractivity contribution in [3.05, 3.63) is 54.1 Å². The SMILES string of the molecule is O=C(Nc1ccc2nc(C(F)(F)F)[nH]c2c1)c1ccccn1. The first-order valence-corrected chi connectivity index (χ1v) is 6.23. The van der Waals surface area contributed by atoms with Crippen LogP contribution in [-0.4, -0.2) is 20.9 Å². The van der Waals surface area contributed by atoms with E-state index in [4.69, 9.17) is 0 Å². The number of rotatable bonds is 2. The number of aromatic nitrogens is 3. The number of H-pyrrole nitrogens is 1. The van der Waals surface area contributed by atoms with Crippen LogP contribution in [0.5, 0.6) is 0 Å². The molecule has 1 amide bonds. The van der Waals surface area contributed by atoms with Crippen molar-refractivity contribution in [2.24, 2.45) is 0 Å². The smallest absolute Gasteiger partial charge is 0.334 e. The standard InChI is InChI=1S/C14H9F3N4O/c15-14(16,17)13-20-9-5-4-8(7-11(9)21-13)19-12(22)10-3-1-2-6-18-10/h1-7H,(H,19,22)(H,20,21). The molecule has 0 spiro atoms. The molecular formula is C14H9F3N4O. The molecule has 2 N–H and O–H groups in total. The molecule has 112 valence electrons. The van der Waals surface area contributed by atoms with Crippen molar-refractivity contribution >= 4 is 22.6 Å². The number of aromatic amines is 1. The van der Waals surface area contributed by atoms with Gasteiger partial charge in [-0.25, -0.2) is 4.98 Å². The third-order valence-electron chi connectivity index (χ3n) is 2.91. The molecular weight excluding hydrogens is 297 g/mol. The Morgan fingerprint density at radius 2 is 2.00 bits per heavy atom. The van der Waals surface area contributed by atoms with Gasteiger partial charge < -0.3 is 10.3 Å². The predicted molar refractivity (Wildman–Crippen MR) is 73.3 cm³/mol. The Balaban J connectivity index is 1.88. The number of nitrogens with one attached hydrogen (secondary N) is 2. The van der Waals surface area contributed by atoms with Crippen LogP contribution in [-0.2, 0) is 6.18 Å². The highest BCUT2D eigenvalue weighted by atomic mass is 19.4. The monoisotopic (exact) mass is 306 g/mol. The second-order valence-electron chi connectivity index (χ2n) is 4.48. The zero-order valence-electron chi connectivity index (χ0n) is 11.0. The van der Waals surface area contributed by atoms with Gasteiger partial charge in [0, 0.05) is 11.9 Å². The van der Waals surface area contributed by atoms with Crippen LogP contribution in [0.1, 0.15) is 16.3 Å². The lowest BCUT2D eigenvalue weighted by Crippen LogP contribution is -2.13. The average molecular weight is 306 g/mol. The van der Waals surface area contributed by atoms with E-state index in [0.29, 0.717) is 5.69 Å². The summed E-state index contributed by atoms with van der Waals surface area (Å²) in [5.74, 6) is -1.52. The maximum atomic E-state index is 12.6. The molecule has 0 aliphatic heterocycles. The number of anilines is 1. The Kier molecular flexibility index (Phi) is 3.28.